The third-order valence-electron chi connectivity index (χ3n) is 3.04. The number of nitrogens with one attached hydrogen (secondary N) is 1. The molecule has 0 aliphatic rings. The smallest absolute Gasteiger partial charge is 0.200 e. The molecule has 0 spiro atoms. The van der Waals surface area contributed by atoms with Gasteiger partial charge in [-0.1, -0.05) is 6.07 Å². The highest BCUT2D eigenvalue weighted by molar-refractivity contribution is 7.10. The van der Waals surface area contributed by atoms with Gasteiger partial charge < -0.3 is 10.2 Å². The maximum Gasteiger partial charge on any atom is 0.200 e. The second-order valence-corrected chi connectivity index (χ2v) is 5.60. The Labute approximate surface area is 120 Å². The van der Waals surface area contributed by atoms with E-state index < -0.39 is 0 Å². The minimum atomic E-state index is 0.307. The monoisotopic (exact) mass is 289 g/mol. The van der Waals surface area contributed by atoms with Gasteiger partial charge in [-0.2, -0.15) is 0 Å². The predicted octanol–water partition coefficient (Wildman–Crippen LogP) is 1.30. The van der Waals surface area contributed by atoms with Gasteiger partial charge in [-0.3, -0.25) is 0 Å². The summed E-state index contributed by atoms with van der Waals surface area (Å²) >= 11 is 1.76. The minimum absolute atomic E-state index is 0.307. The molecule has 3 aromatic heterocycles. The third-order valence-corrected chi connectivity index (χ3v) is 4.01. The lowest BCUT2D eigenvalue weighted by atomic mass is 10.2. The maximum absolute atomic E-state index is 4.30. The van der Waals surface area contributed by atoms with Crippen LogP contribution in [-0.2, 0) is 0 Å². The molecule has 0 saturated heterocycles. The molecule has 3 heterocycles. The summed E-state index contributed by atoms with van der Waals surface area (Å²) in [6.45, 7) is 0.772. The highest BCUT2D eigenvalue weighted by Crippen LogP contribution is 2.23. The fourth-order valence-electron chi connectivity index (χ4n) is 1.96. The van der Waals surface area contributed by atoms with Crippen molar-refractivity contribution in [2.24, 2.45) is 0 Å². The Morgan fingerprint density at radius 2 is 2.25 bits per heavy atom. The van der Waals surface area contributed by atoms with Crippen LogP contribution in [0.5, 0.6) is 0 Å². The first-order valence-electron chi connectivity index (χ1n) is 6.23. The van der Waals surface area contributed by atoms with Gasteiger partial charge in [0, 0.05) is 11.4 Å². The van der Waals surface area contributed by atoms with Crippen molar-refractivity contribution in [3.63, 3.8) is 0 Å². The van der Waals surface area contributed by atoms with Crippen LogP contribution in [0.3, 0.4) is 0 Å². The molecule has 0 radical (unpaired) electrons. The Kier molecular flexibility index (Phi) is 3.57. The van der Waals surface area contributed by atoms with Crippen molar-refractivity contribution in [3.05, 3.63) is 34.5 Å². The number of anilines is 1. The first-order valence-corrected chi connectivity index (χ1v) is 7.11. The summed E-state index contributed by atoms with van der Waals surface area (Å²) in [5.41, 5.74) is 0.637. The average molecular weight is 289 g/mol. The number of thiophene rings is 1. The quantitative estimate of drug-likeness (QED) is 0.763. The lowest BCUT2D eigenvalue weighted by Gasteiger charge is -2.23. The number of aromatic nitrogens is 5. The van der Waals surface area contributed by atoms with Crippen molar-refractivity contribution in [1.82, 2.24) is 30.2 Å². The van der Waals surface area contributed by atoms with Gasteiger partial charge in [0.1, 0.15) is 5.82 Å². The van der Waals surface area contributed by atoms with E-state index in [2.05, 4.69) is 62.4 Å². The number of nitrogens with zero attached hydrogens (tertiary/aromatic N) is 6. The fraction of sp³-hybridized carbons (Fsp3) is 0.333. The Bertz CT molecular complexity index is 676. The summed E-state index contributed by atoms with van der Waals surface area (Å²) in [4.78, 5) is 3.51. The molecule has 1 atom stereocenters. The largest absolute Gasteiger partial charge is 0.367 e. The topological polar surface area (TPSA) is 71.2 Å². The third kappa shape index (κ3) is 2.61. The number of hydrogen-bond acceptors (Lipinski definition) is 7. The van der Waals surface area contributed by atoms with Crippen molar-refractivity contribution >= 4 is 22.8 Å². The van der Waals surface area contributed by atoms with E-state index in [-0.39, 0.29) is 0 Å². The molecule has 1 unspecified atom stereocenters. The van der Waals surface area contributed by atoms with Crippen molar-refractivity contribution in [2.45, 2.75) is 6.04 Å². The molecule has 0 aliphatic carbocycles. The highest BCUT2D eigenvalue weighted by Gasteiger charge is 2.15. The number of likely N-dealkylation sites (N-methyl/N-ethyl adjacent to an activating group) is 1. The first kappa shape index (κ1) is 12.9. The molecule has 8 heteroatoms. The standard InChI is InChI=1S/C12H15N7S/c1-18(2)9(10-4-3-7-20-10)8-13-11-5-6-12-14-16-17-19(12)15-11/h3-7,9H,8H2,1-2H3,(H,13,15). The normalized spacial score (nSPS) is 12.9. The number of hydrogen-bond donors (Lipinski definition) is 1. The molecule has 0 aromatic carbocycles. The molecule has 20 heavy (non-hydrogen) atoms. The van der Waals surface area contributed by atoms with E-state index >= 15 is 0 Å². The number of rotatable bonds is 5. The summed E-state index contributed by atoms with van der Waals surface area (Å²) in [7, 11) is 4.15. The molecule has 0 fully saturated rings. The number of tetrazole rings is 1. The Morgan fingerprint density at radius 1 is 1.35 bits per heavy atom. The predicted molar refractivity (Wildman–Crippen MR) is 77.8 cm³/mol. The Hall–Kier alpha value is -2.06. The van der Waals surface area contributed by atoms with Crippen LogP contribution in [-0.4, -0.2) is 50.8 Å². The van der Waals surface area contributed by atoms with Crippen molar-refractivity contribution < 1.29 is 0 Å². The molecule has 3 aromatic rings. The summed E-state index contributed by atoms with van der Waals surface area (Å²) in [5, 5.41) is 20.9. The van der Waals surface area contributed by atoms with Crippen LogP contribution in [0.1, 0.15) is 10.9 Å². The molecular weight excluding hydrogens is 274 g/mol. The van der Waals surface area contributed by atoms with E-state index in [1.54, 1.807) is 11.3 Å². The maximum atomic E-state index is 4.30. The highest BCUT2D eigenvalue weighted by atomic mass is 32.1. The molecule has 104 valence electrons. The minimum Gasteiger partial charge on any atom is -0.367 e. The van der Waals surface area contributed by atoms with Crippen LogP contribution in [0.2, 0.25) is 0 Å². The van der Waals surface area contributed by atoms with Crippen LogP contribution >= 0.6 is 11.3 Å². The van der Waals surface area contributed by atoms with Gasteiger partial charge in [-0.25, -0.2) is 0 Å². The summed E-state index contributed by atoms with van der Waals surface area (Å²) in [5.74, 6) is 0.758. The van der Waals surface area contributed by atoms with Crippen LogP contribution in [0.15, 0.2) is 29.6 Å². The lowest BCUT2D eigenvalue weighted by Crippen LogP contribution is -2.26. The second kappa shape index (κ2) is 5.51. The van der Waals surface area contributed by atoms with Gasteiger partial charge >= 0.3 is 0 Å². The average Bonchev–Trinajstić information content (AvgIpc) is 3.08. The van der Waals surface area contributed by atoms with Crippen LogP contribution in [0.4, 0.5) is 5.82 Å². The molecule has 0 amide bonds. The summed E-state index contributed by atoms with van der Waals surface area (Å²) in [6.07, 6.45) is 0. The second-order valence-electron chi connectivity index (χ2n) is 4.62. The Morgan fingerprint density at radius 3 is 3.00 bits per heavy atom. The van der Waals surface area contributed by atoms with E-state index in [1.165, 1.54) is 9.51 Å². The van der Waals surface area contributed by atoms with Crippen molar-refractivity contribution in [3.8, 4) is 0 Å². The van der Waals surface area contributed by atoms with Crippen molar-refractivity contribution in [2.75, 3.05) is 26.0 Å². The van der Waals surface area contributed by atoms with Crippen LogP contribution in [0, 0.1) is 0 Å². The zero-order chi connectivity index (χ0) is 13.9. The van der Waals surface area contributed by atoms with E-state index in [1.807, 2.05) is 12.1 Å². The first-order chi connectivity index (χ1) is 9.74. The van der Waals surface area contributed by atoms with Gasteiger partial charge in [0.05, 0.1) is 6.04 Å². The zero-order valence-electron chi connectivity index (χ0n) is 11.3. The van der Waals surface area contributed by atoms with Gasteiger partial charge in [-0.15, -0.1) is 26.2 Å². The molecule has 0 aliphatic heterocycles. The molecule has 0 bridgehead atoms. The van der Waals surface area contributed by atoms with Crippen LogP contribution in [0.25, 0.3) is 5.65 Å². The molecule has 1 N–H and O–H groups in total. The molecule has 0 saturated carbocycles. The van der Waals surface area contributed by atoms with Crippen LogP contribution < -0.4 is 5.32 Å². The van der Waals surface area contributed by atoms with Crippen molar-refractivity contribution in [1.29, 1.82) is 0 Å². The van der Waals surface area contributed by atoms with Gasteiger partial charge in [-0.05, 0) is 48.1 Å². The molecule has 7 nitrogen and oxygen atoms in total. The Balaban J connectivity index is 1.73. The van der Waals surface area contributed by atoms with E-state index in [4.69, 9.17) is 0 Å². The lowest BCUT2D eigenvalue weighted by molar-refractivity contribution is 0.316. The van der Waals surface area contributed by atoms with E-state index in [0.717, 1.165) is 12.4 Å². The fourth-order valence-corrected chi connectivity index (χ4v) is 2.89. The molecular formula is C12H15N7S. The summed E-state index contributed by atoms with van der Waals surface area (Å²) in [6, 6.07) is 8.25. The SMILES string of the molecule is CN(C)C(CNc1ccc2nnnn2n1)c1cccs1. The molecule has 3 rings (SSSR count). The van der Waals surface area contributed by atoms with E-state index in [0.29, 0.717) is 11.7 Å². The van der Waals surface area contributed by atoms with E-state index in [9.17, 15) is 0 Å². The van der Waals surface area contributed by atoms with Gasteiger partial charge in [0.15, 0.2) is 5.65 Å². The van der Waals surface area contributed by atoms with Gasteiger partial charge in [0.25, 0.3) is 0 Å². The van der Waals surface area contributed by atoms with Gasteiger partial charge in [0.2, 0.25) is 0 Å². The summed E-state index contributed by atoms with van der Waals surface area (Å²) < 4.78 is 1.41. The number of fused-ring (bicyclic) bond motifs is 1. The zero-order valence-corrected chi connectivity index (χ0v) is 12.1.